The monoisotopic (exact) mass is 347 g/mol. The smallest absolute Gasteiger partial charge is 0.316 e. The molecule has 0 aromatic heterocycles. The van der Waals surface area contributed by atoms with E-state index in [1.165, 1.54) is 12.1 Å². The van der Waals surface area contributed by atoms with Crippen LogP contribution in [0.5, 0.6) is 0 Å². The fourth-order valence-electron chi connectivity index (χ4n) is 1.94. The highest BCUT2D eigenvalue weighted by Crippen LogP contribution is 2.18. The summed E-state index contributed by atoms with van der Waals surface area (Å²) in [5.74, 6) is 0.406. The molecule has 24 heavy (non-hydrogen) atoms. The predicted octanol–water partition coefficient (Wildman–Crippen LogP) is 3.23. The molecule has 0 bridgehead atoms. The summed E-state index contributed by atoms with van der Waals surface area (Å²) in [5, 5.41) is 5.26. The van der Waals surface area contributed by atoms with Gasteiger partial charge in [-0.2, -0.15) is 0 Å². The molecule has 0 spiro atoms. The number of benzene rings is 2. The zero-order valence-corrected chi connectivity index (χ0v) is 13.7. The van der Waals surface area contributed by atoms with Gasteiger partial charge in [-0.25, -0.2) is 9.18 Å². The van der Waals surface area contributed by atoms with Gasteiger partial charge in [0.15, 0.2) is 0 Å². The molecule has 0 fully saturated rings. The van der Waals surface area contributed by atoms with Gasteiger partial charge in [-0.05, 0) is 60.7 Å². The maximum atomic E-state index is 12.8. The molecule has 0 aliphatic carbocycles. The normalized spacial score (nSPS) is 10.2. The lowest BCUT2D eigenvalue weighted by Crippen LogP contribution is -2.25. The molecule has 2 aromatic rings. The molecule has 0 radical (unpaired) electrons. The molecule has 0 saturated carbocycles. The quantitative estimate of drug-likeness (QED) is 0.531. The van der Waals surface area contributed by atoms with Gasteiger partial charge < -0.3 is 16.4 Å². The molecule has 0 aliphatic rings. The highest BCUT2D eigenvalue weighted by molar-refractivity contribution is 7.99. The van der Waals surface area contributed by atoms with Crippen LogP contribution in [0.15, 0.2) is 53.4 Å². The molecule has 0 aliphatic heterocycles. The Morgan fingerprint density at radius 2 is 1.71 bits per heavy atom. The zero-order valence-electron chi connectivity index (χ0n) is 12.9. The number of halogens is 1. The van der Waals surface area contributed by atoms with E-state index in [0.717, 1.165) is 17.1 Å². The Morgan fingerprint density at radius 3 is 2.33 bits per heavy atom. The summed E-state index contributed by atoms with van der Waals surface area (Å²) in [6.07, 6.45) is 0.801. The van der Waals surface area contributed by atoms with Crippen molar-refractivity contribution in [2.75, 3.05) is 17.6 Å². The van der Waals surface area contributed by atoms with E-state index in [-0.39, 0.29) is 11.7 Å². The SMILES string of the molecule is NC(=O)Nc1ccc(C(=O)NCCCSc2ccc(F)cc2)cc1. The summed E-state index contributed by atoms with van der Waals surface area (Å²) in [6, 6.07) is 12.2. The molecule has 0 unspecified atom stereocenters. The summed E-state index contributed by atoms with van der Waals surface area (Å²) in [4.78, 5) is 23.7. The van der Waals surface area contributed by atoms with Crippen molar-refractivity contribution in [2.24, 2.45) is 5.73 Å². The number of thioether (sulfide) groups is 1. The minimum atomic E-state index is -0.647. The molecule has 5 nitrogen and oxygen atoms in total. The topological polar surface area (TPSA) is 84.2 Å². The van der Waals surface area contributed by atoms with Gasteiger partial charge in [0.05, 0.1) is 0 Å². The van der Waals surface area contributed by atoms with Crippen LogP contribution in [-0.2, 0) is 0 Å². The maximum absolute atomic E-state index is 12.8. The summed E-state index contributed by atoms with van der Waals surface area (Å²) in [7, 11) is 0. The second-order valence-electron chi connectivity index (χ2n) is 4.98. The predicted molar refractivity (Wildman–Crippen MR) is 93.7 cm³/mol. The Hall–Kier alpha value is -2.54. The van der Waals surface area contributed by atoms with Crippen molar-refractivity contribution in [3.63, 3.8) is 0 Å². The van der Waals surface area contributed by atoms with Crippen LogP contribution >= 0.6 is 11.8 Å². The Balaban J connectivity index is 1.69. The molecule has 4 N–H and O–H groups in total. The molecule has 7 heteroatoms. The van der Waals surface area contributed by atoms with Crippen LogP contribution in [-0.4, -0.2) is 24.2 Å². The minimum absolute atomic E-state index is 0.174. The van der Waals surface area contributed by atoms with E-state index in [0.29, 0.717) is 17.8 Å². The van der Waals surface area contributed by atoms with Crippen LogP contribution in [0.3, 0.4) is 0 Å². The summed E-state index contributed by atoms with van der Waals surface area (Å²) in [6.45, 7) is 0.550. The maximum Gasteiger partial charge on any atom is 0.316 e. The second-order valence-corrected chi connectivity index (χ2v) is 6.15. The van der Waals surface area contributed by atoms with Crippen LogP contribution in [0.4, 0.5) is 14.9 Å². The van der Waals surface area contributed by atoms with Crippen LogP contribution in [0.25, 0.3) is 0 Å². The van der Waals surface area contributed by atoms with Crippen molar-refractivity contribution in [3.05, 3.63) is 59.9 Å². The van der Waals surface area contributed by atoms with Gasteiger partial charge in [-0.15, -0.1) is 11.8 Å². The molecular formula is C17H18FN3O2S. The number of carbonyl (C=O) groups excluding carboxylic acids is 2. The van der Waals surface area contributed by atoms with Gasteiger partial charge in [0.2, 0.25) is 0 Å². The van der Waals surface area contributed by atoms with E-state index in [1.54, 1.807) is 48.2 Å². The van der Waals surface area contributed by atoms with Crippen LogP contribution in [0.2, 0.25) is 0 Å². The molecule has 0 atom stereocenters. The summed E-state index contributed by atoms with van der Waals surface area (Å²) in [5.41, 5.74) is 6.06. The summed E-state index contributed by atoms with van der Waals surface area (Å²) < 4.78 is 12.8. The third-order valence-corrected chi connectivity index (χ3v) is 4.20. The Labute approximate surface area is 143 Å². The lowest BCUT2D eigenvalue weighted by molar-refractivity contribution is 0.0954. The first kappa shape index (κ1) is 17.8. The van der Waals surface area contributed by atoms with Crippen molar-refractivity contribution in [2.45, 2.75) is 11.3 Å². The van der Waals surface area contributed by atoms with Gasteiger partial charge in [0.1, 0.15) is 5.82 Å². The van der Waals surface area contributed by atoms with Gasteiger partial charge >= 0.3 is 6.03 Å². The first-order chi connectivity index (χ1) is 11.5. The number of amides is 3. The number of urea groups is 1. The lowest BCUT2D eigenvalue weighted by atomic mass is 10.2. The van der Waals surface area contributed by atoms with E-state index in [2.05, 4.69) is 10.6 Å². The average Bonchev–Trinajstić information content (AvgIpc) is 2.56. The Kier molecular flexibility index (Phi) is 6.62. The van der Waals surface area contributed by atoms with Gasteiger partial charge in [0, 0.05) is 22.7 Å². The summed E-state index contributed by atoms with van der Waals surface area (Å²) >= 11 is 1.61. The largest absolute Gasteiger partial charge is 0.352 e. The lowest BCUT2D eigenvalue weighted by Gasteiger charge is -2.07. The van der Waals surface area contributed by atoms with Crippen molar-refractivity contribution >= 4 is 29.4 Å². The fourth-order valence-corrected chi connectivity index (χ4v) is 2.80. The van der Waals surface area contributed by atoms with E-state index in [4.69, 9.17) is 5.73 Å². The van der Waals surface area contributed by atoms with Crippen LogP contribution < -0.4 is 16.4 Å². The van der Waals surface area contributed by atoms with Gasteiger partial charge in [-0.3, -0.25) is 4.79 Å². The number of rotatable bonds is 7. The van der Waals surface area contributed by atoms with E-state index in [9.17, 15) is 14.0 Å². The average molecular weight is 347 g/mol. The van der Waals surface area contributed by atoms with E-state index >= 15 is 0 Å². The third kappa shape index (κ3) is 5.92. The number of primary amides is 1. The number of anilines is 1. The third-order valence-electron chi connectivity index (χ3n) is 3.10. The number of hydrogen-bond acceptors (Lipinski definition) is 3. The first-order valence-electron chi connectivity index (χ1n) is 7.37. The Morgan fingerprint density at radius 1 is 1.04 bits per heavy atom. The fraction of sp³-hybridized carbons (Fsp3) is 0.176. The van der Waals surface area contributed by atoms with Crippen LogP contribution in [0, 0.1) is 5.82 Å². The second kappa shape index (κ2) is 8.93. The highest BCUT2D eigenvalue weighted by Gasteiger charge is 2.05. The molecule has 2 rings (SSSR count). The minimum Gasteiger partial charge on any atom is -0.352 e. The molecule has 126 valence electrons. The van der Waals surface area contributed by atoms with Gasteiger partial charge in [0.25, 0.3) is 5.91 Å². The zero-order chi connectivity index (χ0) is 17.4. The van der Waals surface area contributed by atoms with Crippen molar-refractivity contribution in [1.82, 2.24) is 5.32 Å². The van der Waals surface area contributed by atoms with Crippen molar-refractivity contribution < 1.29 is 14.0 Å². The molecule has 0 saturated heterocycles. The molecule has 2 aromatic carbocycles. The number of carbonyl (C=O) groups is 2. The molecule has 3 amide bonds. The standard InChI is InChI=1S/C17H18FN3O2S/c18-13-4-8-15(9-5-13)24-11-1-10-20-16(22)12-2-6-14(7-3-12)21-17(19)23/h2-9H,1,10-11H2,(H,20,22)(H3,19,21,23). The van der Waals surface area contributed by atoms with Crippen molar-refractivity contribution in [1.29, 1.82) is 0 Å². The van der Waals surface area contributed by atoms with E-state index < -0.39 is 6.03 Å². The molecule has 0 heterocycles. The van der Waals surface area contributed by atoms with Crippen LogP contribution in [0.1, 0.15) is 16.8 Å². The van der Waals surface area contributed by atoms with E-state index in [1.807, 2.05) is 0 Å². The first-order valence-corrected chi connectivity index (χ1v) is 8.36. The number of nitrogens with one attached hydrogen (secondary N) is 2. The van der Waals surface area contributed by atoms with Crippen molar-refractivity contribution in [3.8, 4) is 0 Å². The highest BCUT2D eigenvalue weighted by atomic mass is 32.2. The number of nitrogens with two attached hydrogens (primary N) is 1. The number of hydrogen-bond donors (Lipinski definition) is 3. The molecular weight excluding hydrogens is 329 g/mol. The Bertz CT molecular complexity index is 690. The van der Waals surface area contributed by atoms with Gasteiger partial charge in [-0.1, -0.05) is 0 Å².